The summed E-state index contributed by atoms with van der Waals surface area (Å²) in [6.07, 6.45) is 1.60. The molecule has 1 heterocycles. The van der Waals surface area contributed by atoms with Crippen molar-refractivity contribution in [3.8, 4) is 0 Å². The van der Waals surface area contributed by atoms with E-state index < -0.39 is 0 Å². The number of hydrogen-bond acceptors (Lipinski definition) is 2. The van der Waals surface area contributed by atoms with Crippen LogP contribution in [0.2, 0.25) is 0 Å². The van der Waals surface area contributed by atoms with Crippen LogP contribution in [-0.4, -0.2) is 4.57 Å². The second kappa shape index (κ2) is 4.18. The van der Waals surface area contributed by atoms with Crippen LogP contribution in [-0.2, 0) is 6.54 Å². The zero-order valence-corrected chi connectivity index (χ0v) is 8.56. The van der Waals surface area contributed by atoms with Gasteiger partial charge in [0.15, 0.2) is 0 Å². The van der Waals surface area contributed by atoms with E-state index in [2.05, 4.69) is 0 Å². The Bertz CT molecular complexity index is 563. The number of nitrogen functional groups attached to an aromatic ring is 1. The van der Waals surface area contributed by atoms with Crippen LogP contribution in [0.1, 0.15) is 5.56 Å². The summed E-state index contributed by atoms with van der Waals surface area (Å²) in [5.74, 6) is -0.305. The summed E-state index contributed by atoms with van der Waals surface area (Å²) < 4.78 is 14.4. The first-order valence-corrected chi connectivity index (χ1v) is 4.85. The molecule has 2 aromatic rings. The lowest BCUT2D eigenvalue weighted by Crippen LogP contribution is -2.19. The van der Waals surface area contributed by atoms with E-state index in [-0.39, 0.29) is 11.4 Å². The van der Waals surface area contributed by atoms with E-state index in [0.29, 0.717) is 12.2 Å². The number of rotatable bonds is 2. The number of anilines is 1. The summed E-state index contributed by atoms with van der Waals surface area (Å²) in [7, 11) is 0. The minimum Gasteiger partial charge on any atom is -0.399 e. The van der Waals surface area contributed by atoms with E-state index in [1.165, 1.54) is 22.8 Å². The summed E-state index contributed by atoms with van der Waals surface area (Å²) in [5, 5.41) is 0. The Balaban J connectivity index is 2.31. The Morgan fingerprint density at radius 1 is 1.25 bits per heavy atom. The Kier molecular flexibility index (Phi) is 2.72. The van der Waals surface area contributed by atoms with Crippen LogP contribution in [0.5, 0.6) is 0 Å². The van der Waals surface area contributed by atoms with E-state index in [9.17, 15) is 9.18 Å². The van der Waals surface area contributed by atoms with E-state index in [1.807, 2.05) is 0 Å². The van der Waals surface area contributed by atoms with Gasteiger partial charge in [-0.2, -0.15) is 0 Å². The average Bonchev–Trinajstić information content (AvgIpc) is 2.22. The summed E-state index contributed by atoms with van der Waals surface area (Å²) in [5.41, 5.74) is 6.45. The molecule has 1 aromatic heterocycles. The summed E-state index contributed by atoms with van der Waals surface area (Å²) in [6, 6.07) is 9.15. The molecule has 4 heteroatoms. The average molecular weight is 218 g/mol. The Labute approximate surface area is 92.0 Å². The van der Waals surface area contributed by atoms with Crippen molar-refractivity contribution in [3.63, 3.8) is 0 Å². The van der Waals surface area contributed by atoms with Gasteiger partial charge in [-0.3, -0.25) is 4.79 Å². The van der Waals surface area contributed by atoms with E-state index in [1.54, 1.807) is 24.4 Å². The Morgan fingerprint density at radius 3 is 2.75 bits per heavy atom. The molecule has 0 aliphatic carbocycles. The molecule has 0 unspecified atom stereocenters. The van der Waals surface area contributed by atoms with Crippen molar-refractivity contribution in [3.05, 3.63) is 64.3 Å². The first-order valence-electron chi connectivity index (χ1n) is 4.85. The second-order valence-electron chi connectivity index (χ2n) is 3.56. The van der Waals surface area contributed by atoms with Crippen molar-refractivity contribution in [1.82, 2.24) is 4.57 Å². The number of pyridine rings is 1. The minimum absolute atomic E-state index is 0.190. The molecule has 0 atom stereocenters. The van der Waals surface area contributed by atoms with Gasteiger partial charge >= 0.3 is 0 Å². The quantitative estimate of drug-likeness (QED) is 0.832. The van der Waals surface area contributed by atoms with Crippen LogP contribution < -0.4 is 11.3 Å². The van der Waals surface area contributed by atoms with E-state index in [4.69, 9.17) is 5.73 Å². The van der Waals surface area contributed by atoms with Crippen molar-refractivity contribution < 1.29 is 4.39 Å². The van der Waals surface area contributed by atoms with Crippen LogP contribution in [0.25, 0.3) is 0 Å². The number of hydrogen-bond donors (Lipinski definition) is 1. The normalized spacial score (nSPS) is 10.3. The first-order chi connectivity index (χ1) is 7.65. The van der Waals surface area contributed by atoms with Crippen molar-refractivity contribution in [2.75, 3.05) is 5.73 Å². The fraction of sp³-hybridized carbons (Fsp3) is 0.0833. The summed E-state index contributed by atoms with van der Waals surface area (Å²) in [6.45, 7) is 0.344. The number of halogens is 1. The zero-order valence-electron chi connectivity index (χ0n) is 8.56. The molecule has 0 amide bonds. The molecule has 0 bridgehead atoms. The lowest BCUT2D eigenvalue weighted by atomic mass is 10.2. The third kappa shape index (κ3) is 2.28. The molecule has 1 aromatic carbocycles. The third-order valence-corrected chi connectivity index (χ3v) is 2.26. The zero-order chi connectivity index (χ0) is 11.5. The molecule has 82 valence electrons. The van der Waals surface area contributed by atoms with Crippen LogP contribution >= 0.6 is 0 Å². The Morgan fingerprint density at radius 2 is 2.06 bits per heavy atom. The maximum Gasteiger partial charge on any atom is 0.252 e. The van der Waals surface area contributed by atoms with Gasteiger partial charge in [0, 0.05) is 18.0 Å². The SMILES string of the molecule is Nc1ccn(Cc2cccc(F)c2)c(=O)c1. The van der Waals surface area contributed by atoms with Gasteiger partial charge in [0.05, 0.1) is 6.54 Å². The van der Waals surface area contributed by atoms with Crippen molar-refractivity contribution in [2.24, 2.45) is 0 Å². The predicted molar refractivity (Wildman–Crippen MR) is 60.6 cm³/mol. The van der Waals surface area contributed by atoms with Gasteiger partial charge in [-0.15, -0.1) is 0 Å². The number of nitrogens with zero attached hydrogens (tertiary/aromatic N) is 1. The number of aromatic nitrogens is 1. The molecule has 2 N–H and O–H groups in total. The van der Waals surface area contributed by atoms with Gasteiger partial charge in [0.1, 0.15) is 5.82 Å². The van der Waals surface area contributed by atoms with Gasteiger partial charge in [0.2, 0.25) is 0 Å². The highest BCUT2D eigenvalue weighted by Gasteiger charge is 1.99. The van der Waals surface area contributed by atoms with Crippen molar-refractivity contribution in [2.45, 2.75) is 6.54 Å². The molecular weight excluding hydrogens is 207 g/mol. The molecular formula is C12H11FN2O. The molecule has 0 aliphatic rings. The maximum atomic E-state index is 12.9. The first kappa shape index (κ1) is 10.4. The predicted octanol–water partition coefficient (Wildman–Crippen LogP) is 1.62. The monoisotopic (exact) mass is 218 g/mol. The molecule has 0 radical (unpaired) electrons. The van der Waals surface area contributed by atoms with E-state index >= 15 is 0 Å². The van der Waals surface area contributed by atoms with Gasteiger partial charge in [-0.05, 0) is 23.8 Å². The number of benzene rings is 1. The van der Waals surface area contributed by atoms with Crippen LogP contribution in [0.4, 0.5) is 10.1 Å². The van der Waals surface area contributed by atoms with Crippen LogP contribution in [0.15, 0.2) is 47.4 Å². The van der Waals surface area contributed by atoms with Gasteiger partial charge in [-0.1, -0.05) is 12.1 Å². The number of nitrogens with two attached hydrogens (primary N) is 1. The molecule has 0 aliphatic heterocycles. The van der Waals surface area contributed by atoms with Gasteiger partial charge < -0.3 is 10.3 Å². The van der Waals surface area contributed by atoms with Crippen molar-refractivity contribution >= 4 is 5.69 Å². The van der Waals surface area contributed by atoms with Crippen LogP contribution in [0, 0.1) is 5.82 Å². The van der Waals surface area contributed by atoms with Gasteiger partial charge in [0.25, 0.3) is 5.56 Å². The standard InChI is InChI=1S/C12H11FN2O/c13-10-3-1-2-9(6-10)8-15-5-4-11(14)7-12(15)16/h1-7H,8,14H2. The maximum absolute atomic E-state index is 12.9. The third-order valence-electron chi connectivity index (χ3n) is 2.26. The minimum atomic E-state index is -0.305. The molecule has 16 heavy (non-hydrogen) atoms. The van der Waals surface area contributed by atoms with Crippen LogP contribution in [0.3, 0.4) is 0 Å². The largest absolute Gasteiger partial charge is 0.399 e. The lowest BCUT2D eigenvalue weighted by Gasteiger charge is -2.05. The van der Waals surface area contributed by atoms with Gasteiger partial charge in [-0.25, -0.2) is 4.39 Å². The fourth-order valence-corrected chi connectivity index (χ4v) is 1.49. The highest BCUT2D eigenvalue weighted by molar-refractivity contribution is 5.34. The topological polar surface area (TPSA) is 48.0 Å². The van der Waals surface area contributed by atoms with Crippen molar-refractivity contribution in [1.29, 1.82) is 0 Å². The summed E-state index contributed by atoms with van der Waals surface area (Å²) >= 11 is 0. The molecule has 0 fully saturated rings. The highest BCUT2D eigenvalue weighted by Crippen LogP contribution is 2.05. The molecule has 2 rings (SSSR count). The molecule has 0 spiro atoms. The highest BCUT2D eigenvalue weighted by atomic mass is 19.1. The second-order valence-corrected chi connectivity index (χ2v) is 3.56. The molecule has 0 saturated carbocycles. The molecule has 0 saturated heterocycles. The molecule has 3 nitrogen and oxygen atoms in total. The lowest BCUT2D eigenvalue weighted by molar-refractivity contribution is 0.623. The smallest absolute Gasteiger partial charge is 0.252 e. The summed E-state index contributed by atoms with van der Waals surface area (Å²) in [4.78, 5) is 11.5. The Hall–Kier alpha value is -2.10. The van der Waals surface area contributed by atoms with E-state index in [0.717, 1.165) is 5.56 Å². The fourth-order valence-electron chi connectivity index (χ4n) is 1.49.